The van der Waals surface area contributed by atoms with Crippen molar-refractivity contribution in [2.45, 2.75) is 32.0 Å². The van der Waals surface area contributed by atoms with Gasteiger partial charge in [0.05, 0.1) is 6.33 Å². The van der Waals surface area contributed by atoms with Gasteiger partial charge in [-0.15, -0.1) is 0 Å². The summed E-state index contributed by atoms with van der Waals surface area (Å²) in [6, 6.07) is -0.123. The lowest BCUT2D eigenvalue weighted by Gasteiger charge is -2.25. The van der Waals surface area contributed by atoms with Crippen LogP contribution in [-0.2, 0) is 0 Å². The summed E-state index contributed by atoms with van der Waals surface area (Å²) in [7, 11) is 0. The number of H-pyrrole nitrogens is 1. The average molecular weight is 300 g/mol. The topological polar surface area (TPSA) is 69.7 Å². The van der Waals surface area contributed by atoms with Crippen molar-refractivity contribution in [3.63, 3.8) is 0 Å². The van der Waals surface area contributed by atoms with Gasteiger partial charge in [0, 0.05) is 12.6 Å². The van der Waals surface area contributed by atoms with Crippen LogP contribution >= 0.6 is 0 Å². The van der Waals surface area contributed by atoms with Gasteiger partial charge in [-0.1, -0.05) is 0 Å². The Morgan fingerprint density at radius 3 is 2.76 bits per heavy atom. The zero-order chi connectivity index (χ0) is 15.0. The fourth-order valence-electron chi connectivity index (χ4n) is 2.22. The second-order valence-electron chi connectivity index (χ2n) is 4.98. The molecule has 2 aromatic rings. The molecule has 2 N–H and O–H groups in total. The summed E-state index contributed by atoms with van der Waals surface area (Å²) in [5.74, 6) is 0.549. The molecule has 0 aliphatic heterocycles. The number of fused-ring (bicyclic) bond motifs is 1. The van der Waals surface area contributed by atoms with E-state index in [9.17, 15) is 13.2 Å². The van der Waals surface area contributed by atoms with Crippen molar-refractivity contribution in [1.29, 1.82) is 0 Å². The van der Waals surface area contributed by atoms with Crippen molar-refractivity contribution in [2.75, 3.05) is 23.3 Å². The Hall–Kier alpha value is -2.06. The van der Waals surface area contributed by atoms with E-state index in [0.29, 0.717) is 23.7 Å². The maximum absolute atomic E-state index is 12.8. The number of halogens is 3. The second kappa shape index (κ2) is 5.05. The van der Waals surface area contributed by atoms with Crippen LogP contribution in [0.4, 0.5) is 24.9 Å². The van der Waals surface area contributed by atoms with Crippen LogP contribution in [0.3, 0.4) is 0 Å². The van der Waals surface area contributed by atoms with Gasteiger partial charge in [-0.25, -0.2) is 4.98 Å². The van der Waals surface area contributed by atoms with Gasteiger partial charge in [-0.2, -0.15) is 23.1 Å². The van der Waals surface area contributed by atoms with Gasteiger partial charge in [-0.05, 0) is 19.8 Å². The molecule has 0 radical (unpaired) electrons. The van der Waals surface area contributed by atoms with Gasteiger partial charge >= 0.3 is 6.18 Å². The zero-order valence-corrected chi connectivity index (χ0v) is 11.4. The largest absolute Gasteiger partial charge is 0.405 e. The molecule has 21 heavy (non-hydrogen) atoms. The third kappa shape index (κ3) is 3.01. The molecular formula is C12H15F3N6. The van der Waals surface area contributed by atoms with Crippen molar-refractivity contribution in [3.05, 3.63) is 6.33 Å². The Morgan fingerprint density at radius 2 is 2.14 bits per heavy atom. The fraction of sp³-hybridized carbons (Fsp3) is 0.583. The van der Waals surface area contributed by atoms with Crippen molar-refractivity contribution in [2.24, 2.45) is 0 Å². The summed E-state index contributed by atoms with van der Waals surface area (Å²) in [5, 5.41) is 2.92. The molecule has 6 nitrogen and oxygen atoms in total. The van der Waals surface area contributed by atoms with E-state index in [-0.39, 0.29) is 11.9 Å². The Bertz CT molecular complexity index is 633. The molecule has 2 aromatic heterocycles. The molecule has 0 saturated heterocycles. The van der Waals surface area contributed by atoms with E-state index in [4.69, 9.17) is 0 Å². The van der Waals surface area contributed by atoms with E-state index < -0.39 is 12.7 Å². The van der Waals surface area contributed by atoms with E-state index in [2.05, 4.69) is 25.3 Å². The van der Waals surface area contributed by atoms with Crippen LogP contribution in [0.5, 0.6) is 0 Å². The van der Waals surface area contributed by atoms with Crippen LogP contribution in [-0.4, -0.2) is 45.2 Å². The number of alkyl halides is 3. The summed E-state index contributed by atoms with van der Waals surface area (Å²) < 4.78 is 38.5. The maximum Gasteiger partial charge on any atom is 0.405 e. The summed E-state index contributed by atoms with van der Waals surface area (Å²) in [6.07, 6.45) is -1.38. The first-order chi connectivity index (χ1) is 9.98. The number of imidazole rings is 1. The first kappa shape index (κ1) is 13.9. The first-order valence-corrected chi connectivity index (χ1v) is 6.76. The van der Waals surface area contributed by atoms with Crippen LogP contribution < -0.4 is 10.2 Å². The Labute approximate surface area is 118 Å². The Balaban J connectivity index is 2.04. The minimum atomic E-state index is -4.28. The van der Waals surface area contributed by atoms with Gasteiger partial charge in [0.1, 0.15) is 12.1 Å². The van der Waals surface area contributed by atoms with Crippen LogP contribution in [0.15, 0.2) is 6.33 Å². The predicted molar refractivity (Wildman–Crippen MR) is 72.3 cm³/mol. The summed E-state index contributed by atoms with van der Waals surface area (Å²) in [6.45, 7) is 1.43. The number of rotatable bonds is 5. The minimum absolute atomic E-state index is 0.123. The van der Waals surface area contributed by atoms with Crippen LogP contribution in [0, 0.1) is 0 Å². The summed E-state index contributed by atoms with van der Waals surface area (Å²) >= 11 is 0. The number of anilines is 2. The highest BCUT2D eigenvalue weighted by atomic mass is 19.4. The third-order valence-corrected chi connectivity index (χ3v) is 3.21. The lowest BCUT2D eigenvalue weighted by atomic mass is 10.4. The Morgan fingerprint density at radius 1 is 1.38 bits per heavy atom. The van der Waals surface area contributed by atoms with E-state index in [1.54, 1.807) is 0 Å². The fourth-order valence-corrected chi connectivity index (χ4v) is 2.22. The molecule has 1 saturated carbocycles. The monoisotopic (exact) mass is 300 g/mol. The van der Waals surface area contributed by atoms with Crippen molar-refractivity contribution in [3.8, 4) is 0 Å². The molecular weight excluding hydrogens is 285 g/mol. The highest BCUT2D eigenvalue weighted by molar-refractivity contribution is 5.84. The van der Waals surface area contributed by atoms with E-state index in [1.165, 1.54) is 11.2 Å². The summed E-state index contributed by atoms with van der Waals surface area (Å²) in [5.41, 5.74) is 0.802. The van der Waals surface area contributed by atoms with E-state index in [0.717, 1.165) is 12.8 Å². The molecule has 0 amide bonds. The SMILES string of the molecule is CCNc1nc(N(CC(F)(F)F)C2CC2)c2[nH]cnc2n1. The number of nitrogens with zero attached hydrogens (tertiary/aromatic N) is 4. The smallest absolute Gasteiger partial charge is 0.354 e. The van der Waals surface area contributed by atoms with Crippen LogP contribution in [0.2, 0.25) is 0 Å². The third-order valence-electron chi connectivity index (χ3n) is 3.21. The lowest BCUT2D eigenvalue weighted by molar-refractivity contribution is -0.120. The number of hydrogen-bond acceptors (Lipinski definition) is 5. The van der Waals surface area contributed by atoms with Gasteiger partial charge in [-0.3, -0.25) is 0 Å². The second-order valence-corrected chi connectivity index (χ2v) is 4.98. The van der Waals surface area contributed by atoms with Crippen molar-refractivity contribution >= 4 is 22.9 Å². The van der Waals surface area contributed by atoms with E-state index in [1.807, 2.05) is 6.92 Å². The van der Waals surface area contributed by atoms with Gasteiger partial charge in [0.2, 0.25) is 5.95 Å². The standard InChI is InChI=1S/C12H15F3N6/c1-2-16-11-19-9-8(17-6-18-9)10(20-11)21(7-3-4-7)5-12(13,14)15/h6-7H,2-5H2,1H3,(H2,16,17,18,19,20). The highest BCUT2D eigenvalue weighted by Gasteiger charge is 2.40. The molecule has 1 fully saturated rings. The van der Waals surface area contributed by atoms with Gasteiger partial charge in [0.25, 0.3) is 0 Å². The molecule has 1 aliphatic rings. The van der Waals surface area contributed by atoms with Gasteiger partial charge < -0.3 is 15.2 Å². The minimum Gasteiger partial charge on any atom is -0.354 e. The van der Waals surface area contributed by atoms with E-state index >= 15 is 0 Å². The molecule has 0 bridgehead atoms. The first-order valence-electron chi connectivity index (χ1n) is 6.76. The maximum atomic E-state index is 12.8. The Kier molecular flexibility index (Phi) is 3.34. The van der Waals surface area contributed by atoms with Gasteiger partial charge in [0.15, 0.2) is 11.5 Å². The highest BCUT2D eigenvalue weighted by Crippen LogP contribution is 2.36. The zero-order valence-electron chi connectivity index (χ0n) is 11.4. The van der Waals surface area contributed by atoms with Crippen LogP contribution in [0.1, 0.15) is 19.8 Å². The van der Waals surface area contributed by atoms with Crippen molar-refractivity contribution in [1.82, 2.24) is 19.9 Å². The molecule has 0 unspecified atom stereocenters. The number of hydrogen-bond donors (Lipinski definition) is 2. The van der Waals surface area contributed by atoms with Crippen molar-refractivity contribution < 1.29 is 13.2 Å². The molecule has 0 atom stereocenters. The molecule has 114 valence electrons. The number of aromatic amines is 1. The lowest BCUT2D eigenvalue weighted by Crippen LogP contribution is -2.36. The molecule has 3 rings (SSSR count). The quantitative estimate of drug-likeness (QED) is 0.887. The average Bonchev–Trinajstić information content (AvgIpc) is 3.13. The normalized spacial score (nSPS) is 15.4. The number of nitrogens with one attached hydrogen (secondary N) is 2. The number of aromatic nitrogens is 4. The molecule has 0 aromatic carbocycles. The molecule has 0 spiro atoms. The summed E-state index contributed by atoms with van der Waals surface area (Å²) in [4.78, 5) is 16.6. The molecule has 1 aliphatic carbocycles. The molecule has 9 heteroatoms. The predicted octanol–water partition coefficient (Wildman–Crippen LogP) is 2.32. The molecule has 2 heterocycles. The van der Waals surface area contributed by atoms with Crippen LogP contribution in [0.25, 0.3) is 11.2 Å².